The van der Waals surface area contributed by atoms with Crippen LogP contribution in [0.25, 0.3) is 10.9 Å². The number of carbonyl (C=O) groups is 2. The molecule has 134 valence electrons. The molecule has 2 aromatic carbocycles. The second-order valence-electron chi connectivity index (χ2n) is 6.19. The van der Waals surface area contributed by atoms with Crippen molar-refractivity contribution in [1.29, 1.82) is 0 Å². The second-order valence-corrected chi connectivity index (χ2v) is 6.19. The Morgan fingerprint density at radius 3 is 2.31 bits per heavy atom. The number of ketones is 1. The Morgan fingerprint density at radius 2 is 1.58 bits per heavy atom. The molecule has 0 saturated heterocycles. The van der Waals surface area contributed by atoms with Gasteiger partial charge in [-0.3, -0.25) is 4.79 Å². The molecule has 3 aromatic rings. The fraction of sp³-hybridized carbons (Fsp3) is 0.238. The maximum atomic E-state index is 12.8. The van der Waals surface area contributed by atoms with E-state index in [1.54, 1.807) is 26.0 Å². The first-order chi connectivity index (χ1) is 12.5. The highest BCUT2D eigenvalue weighted by Gasteiger charge is 2.27. The van der Waals surface area contributed by atoms with Gasteiger partial charge in [-0.05, 0) is 39.0 Å². The van der Waals surface area contributed by atoms with E-state index in [-0.39, 0.29) is 5.78 Å². The molecule has 0 unspecified atom stereocenters. The van der Waals surface area contributed by atoms with E-state index >= 15 is 0 Å². The molecule has 5 nitrogen and oxygen atoms in total. The van der Waals surface area contributed by atoms with Crippen molar-refractivity contribution in [1.82, 2.24) is 4.98 Å². The first kappa shape index (κ1) is 17.7. The minimum absolute atomic E-state index is 0.236. The molecule has 0 spiro atoms. The number of benzene rings is 2. The van der Waals surface area contributed by atoms with Crippen LogP contribution < -0.4 is 4.74 Å². The van der Waals surface area contributed by atoms with Crippen molar-refractivity contribution in [2.45, 2.75) is 33.0 Å². The van der Waals surface area contributed by atoms with Crippen LogP contribution in [0.3, 0.4) is 0 Å². The van der Waals surface area contributed by atoms with E-state index in [0.29, 0.717) is 11.3 Å². The Hall–Kier alpha value is -3.08. The van der Waals surface area contributed by atoms with Crippen LogP contribution in [0.1, 0.15) is 29.9 Å². The summed E-state index contributed by atoms with van der Waals surface area (Å²) in [5, 5.41) is 0.825. The number of rotatable bonds is 6. The largest absolute Gasteiger partial charge is 0.479 e. The molecule has 0 bridgehead atoms. The van der Waals surface area contributed by atoms with Crippen molar-refractivity contribution < 1.29 is 19.1 Å². The molecule has 0 amide bonds. The fourth-order valence-electron chi connectivity index (χ4n) is 2.87. The van der Waals surface area contributed by atoms with Crippen LogP contribution >= 0.6 is 0 Å². The van der Waals surface area contributed by atoms with E-state index in [1.165, 1.54) is 0 Å². The number of hydrogen-bond acceptors (Lipinski definition) is 4. The van der Waals surface area contributed by atoms with E-state index in [9.17, 15) is 9.59 Å². The Bertz CT molecular complexity index is 930. The minimum Gasteiger partial charge on any atom is -0.479 e. The molecule has 2 atom stereocenters. The number of aryl methyl sites for hydroxylation is 1. The van der Waals surface area contributed by atoms with Crippen molar-refractivity contribution >= 4 is 22.7 Å². The molecular weight excluding hydrogens is 330 g/mol. The van der Waals surface area contributed by atoms with Crippen LogP contribution in [0.4, 0.5) is 0 Å². The Balaban J connectivity index is 1.70. The van der Waals surface area contributed by atoms with Crippen molar-refractivity contribution in [3.63, 3.8) is 0 Å². The van der Waals surface area contributed by atoms with Gasteiger partial charge in [-0.2, -0.15) is 0 Å². The molecule has 0 aliphatic carbocycles. The van der Waals surface area contributed by atoms with Crippen molar-refractivity contribution in [2.75, 3.05) is 0 Å². The highest BCUT2D eigenvalue weighted by atomic mass is 16.6. The first-order valence-corrected chi connectivity index (χ1v) is 8.51. The van der Waals surface area contributed by atoms with Crippen LogP contribution in [0, 0.1) is 6.92 Å². The van der Waals surface area contributed by atoms with Gasteiger partial charge >= 0.3 is 5.97 Å². The van der Waals surface area contributed by atoms with Gasteiger partial charge in [-0.15, -0.1) is 0 Å². The van der Waals surface area contributed by atoms with Gasteiger partial charge in [-0.25, -0.2) is 4.79 Å². The highest BCUT2D eigenvalue weighted by molar-refractivity contribution is 6.11. The normalized spacial score (nSPS) is 13.2. The van der Waals surface area contributed by atoms with E-state index in [4.69, 9.17) is 9.47 Å². The standard InChI is InChI=1S/C21H21NO4/c1-13-19(17-11-7-8-12-18(17)22-13)20(23)14(2)26-21(24)15(3)25-16-9-5-4-6-10-16/h4-12,14-15,22H,1-3H3/t14-,15+/m0/s1. The predicted octanol–water partition coefficient (Wildman–Crippen LogP) is 4.06. The summed E-state index contributed by atoms with van der Waals surface area (Å²) >= 11 is 0. The monoisotopic (exact) mass is 351 g/mol. The van der Waals surface area contributed by atoms with Gasteiger partial charge in [0.1, 0.15) is 5.75 Å². The third-order valence-electron chi connectivity index (χ3n) is 4.19. The molecule has 0 fully saturated rings. The number of aromatic nitrogens is 1. The number of nitrogens with one attached hydrogen (secondary N) is 1. The first-order valence-electron chi connectivity index (χ1n) is 8.51. The van der Waals surface area contributed by atoms with Crippen LogP contribution in [0.5, 0.6) is 5.75 Å². The van der Waals surface area contributed by atoms with Gasteiger partial charge in [0.2, 0.25) is 5.78 Å². The van der Waals surface area contributed by atoms with Gasteiger partial charge in [0.05, 0.1) is 0 Å². The van der Waals surface area contributed by atoms with E-state index < -0.39 is 18.2 Å². The van der Waals surface area contributed by atoms with E-state index in [1.807, 2.05) is 49.4 Å². The molecule has 0 aliphatic rings. The summed E-state index contributed by atoms with van der Waals surface area (Å²) in [5.41, 5.74) is 2.19. The van der Waals surface area contributed by atoms with E-state index in [2.05, 4.69) is 4.98 Å². The van der Waals surface area contributed by atoms with Crippen LogP contribution in [0.15, 0.2) is 54.6 Å². The van der Waals surface area contributed by atoms with Crippen molar-refractivity contribution in [3.05, 3.63) is 65.9 Å². The highest BCUT2D eigenvalue weighted by Crippen LogP contribution is 2.24. The van der Waals surface area contributed by atoms with Gasteiger partial charge < -0.3 is 14.5 Å². The quantitative estimate of drug-likeness (QED) is 0.537. The lowest BCUT2D eigenvalue weighted by Gasteiger charge is -2.17. The lowest BCUT2D eigenvalue weighted by molar-refractivity contribution is -0.153. The molecule has 26 heavy (non-hydrogen) atoms. The molecule has 3 rings (SSSR count). The van der Waals surface area contributed by atoms with Gasteiger partial charge in [0.25, 0.3) is 0 Å². The molecule has 1 N–H and O–H groups in total. The predicted molar refractivity (Wildman–Crippen MR) is 99.5 cm³/mol. The Kier molecular flexibility index (Phi) is 5.07. The van der Waals surface area contributed by atoms with Crippen molar-refractivity contribution in [3.8, 4) is 5.75 Å². The lowest BCUT2D eigenvalue weighted by Crippen LogP contribution is -2.32. The van der Waals surface area contributed by atoms with Crippen LogP contribution in [-0.4, -0.2) is 28.9 Å². The molecule has 0 aliphatic heterocycles. The summed E-state index contributed by atoms with van der Waals surface area (Å²) in [6.45, 7) is 5.02. The average molecular weight is 351 g/mol. The van der Waals surface area contributed by atoms with Gasteiger partial charge in [0.15, 0.2) is 12.2 Å². The summed E-state index contributed by atoms with van der Waals surface area (Å²) in [4.78, 5) is 28.3. The SMILES string of the molecule is Cc1[nH]c2ccccc2c1C(=O)[C@H](C)OC(=O)[C@@H](C)Oc1ccccc1. The third kappa shape index (κ3) is 3.61. The molecule has 1 aromatic heterocycles. The summed E-state index contributed by atoms with van der Waals surface area (Å²) in [7, 11) is 0. The summed E-state index contributed by atoms with van der Waals surface area (Å²) in [5.74, 6) is -0.240. The molecule has 1 heterocycles. The molecule has 0 saturated carbocycles. The zero-order valence-electron chi connectivity index (χ0n) is 15.0. The fourth-order valence-corrected chi connectivity index (χ4v) is 2.87. The lowest BCUT2D eigenvalue weighted by atomic mass is 10.0. The Morgan fingerprint density at radius 1 is 0.923 bits per heavy atom. The number of para-hydroxylation sites is 2. The summed E-state index contributed by atoms with van der Waals surface area (Å²) < 4.78 is 10.9. The number of carbonyl (C=O) groups excluding carboxylic acids is 2. The van der Waals surface area contributed by atoms with Crippen LogP contribution in [0.2, 0.25) is 0 Å². The number of aromatic amines is 1. The third-order valence-corrected chi connectivity index (χ3v) is 4.19. The number of hydrogen-bond donors (Lipinski definition) is 1. The smallest absolute Gasteiger partial charge is 0.347 e. The molecule has 0 radical (unpaired) electrons. The Labute approximate surface area is 151 Å². The summed E-state index contributed by atoms with van der Waals surface area (Å²) in [6, 6.07) is 16.6. The number of Topliss-reactive ketones (excluding diaryl/α,β-unsaturated/α-hetero) is 1. The van der Waals surface area contributed by atoms with Gasteiger partial charge in [-0.1, -0.05) is 36.4 Å². The minimum atomic E-state index is -0.901. The van der Waals surface area contributed by atoms with Gasteiger partial charge in [0, 0.05) is 22.2 Å². The van der Waals surface area contributed by atoms with Crippen molar-refractivity contribution in [2.24, 2.45) is 0 Å². The second kappa shape index (κ2) is 7.44. The number of fused-ring (bicyclic) bond motifs is 1. The number of H-pyrrole nitrogens is 1. The maximum Gasteiger partial charge on any atom is 0.347 e. The molecular formula is C21H21NO4. The number of esters is 1. The topological polar surface area (TPSA) is 68.4 Å². The zero-order chi connectivity index (χ0) is 18.7. The molecule has 5 heteroatoms. The number of ether oxygens (including phenoxy) is 2. The zero-order valence-corrected chi connectivity index (χ0v) is 15.0. The summed E-state index contributed by atoms with van der Waals surface area (Å²) in [6.07, 6.45) is -1.71. The van der Waals surface area contributed by atoms with E-state index in [0.717, 1.165) is 16.6 Å². The maximum absolute atomic E-state index is 12.8. The van der Waals surface area contributed by atoms with Crippen LogP contribution in [-0.2, 0) is 9.53 Å². The average Bonchev–Trinajstić information content (AvgIpc) is 2.97.